The van der Waals surface area contributed by atoms with Crippen LogP contribution in [0.3, 0.4) is 0 Å². The number of hydrogen-bond donors (Lipinski definition) is 0. The van der Waals surface area contributed by atoms with Crippen LogP contribution in [0, 0.1) is 12.8 Å². The highest BCUT2D eigenvalue weighted by atomic mass is 16.5. The number of piperidine rings is 1. The predicted octanol–water partition coefficient (Wildman–Crippen LogP) is 3.37. The van der Waals surface area contributed by atoms with Crippen molar-refractivity contribution in [1.29, 1.82) is 0 Å². The summed E-state index contributed by atoms with van der Waals surface area (Å²) >= 11 is 0. The van der Waals surface area contributed by atoms with Gasteiger partial charge in [-0.25, -0.2) is 0 Å². The minimum atomic E-state index is 0.200. The molecule has 0 N–H and O–H groups in total. The topological polar surface area (TPSA) is 68.5 Å². The summed E-state index contributed by atoms with van der Waals surface area (Å²) in [6.07, 6.45) is 3.90. The van der Waals surface area contributed by atoms with E-state index in [0.717, 1.165) is 37.9 Å². The number of hydrogen-bond acceptors (Lipinski definition) is 5. The fourth-order valence-electron chi connectivity index (χ4n) is 3.40. The van der Waals surface area contributed by atoms with Crippen LogP contribution in [-0.2, 0) is 28.8 Å². The van der Waals surface area contributed by atoms with Crippen LogP contribution in [0.5, 0.6) is 0 Å². The van der Waals surface area contributed by atoms with Crippen molar-refractivity contribution in [2.75, 3.05) is 19.7 Å². The normalized spacial score (nSPS) is 15.4. The van der Waals surface area contributed by atoms with Gasteiger partial charge in [-0.3, -0.25) is 4.79 Å². The first-order chi connectivity index (χ1) is 13.5. The molecular weight excluding hydrogens is 354 g/mol. The van der Waals surface area contributed by atoms with Gasteiger partial charge in [-0.05, 0) is 31.2 Å². The smallest absolute Gasteiger partial charge is 0.226 e. The van der Waals surface area contributed by atoms with E-state index in [0.29, 0.717) is 37.1 Å². The third kappa shape index (κ3) is 6.16. The number of benzene rings is 1. The van der Waals surface area contributed by atoms with E-state index in [1.165, 1.54) is 5.56 Å². The zero-order valence-electron chi connectivity index (χ0n) is 17.2. The first-order valence-corrected chi connectivity index (χ1v) is 10.3. The largest absolute Gasteiger partial charge is 0.378 e. The van der Waals surface area contributed by atoms with Crippen LogP contribution >= 0.6 is 0 Å². The summed E-state index contributed by atoms with van der Waals surface area (Å²) in [5.74, 6) is 2.11. The van der Waals surface area contributed by atoms with E-state index < -0.39 is 0 Å². The molecule has 2 aromatic rings. The number of amides is 1. The Morgan fingerprint density at radius 3 is 2.64 bits per heavy atom. The van der Waals surface area contributed by atoms with Gasteiger partial charge in [0.15, 0.2) is 5.82 Å². The molecule has 1 aliphatic rings. The molecule has 2 heterocycles. The van der Waals surface area contributed by atoms with Crippen molar-refractivity contribution in [2.24, 2.45) is 5.92 Å². The van der Waals surface area contributed by atoms with Gasteiger partial charge in [0.25, 0.3) is 0 Å². The van der Waals surface area contributed by atoms with Crippen LogP contribution in [0.1, 0.15) is 49.5 Å². The molecule has 1 aromatic heterocycles. The fourth-order valence-corrected chi connectivity index (χ4v) is 3.40. The van der Waals surface area contributed by atoms with Gasteiger partial charge >= 0.3 is 0 Å². The van der Waals surface area contributed by atoms with Gasteiger partial charge in [0.2, 0.25) is 11.8 Å². The second-order valence-electron chi connectivity index (χ2n) is 8.07. The molecule has 152 valence electrons. The van der Waals surface area contributed by atoms with Crippen molar-refractivity contribution in [3.05, 3.63) is 47.1 Å². The minimum absolute atomic E-state index is 0.200. The van der Waals surface area contributed by atoms with E-state index >= 15 is 0 Å². The van der Waals surface area contributed by atoms with Gasteiger partial charge in [-0.2, -0.15) is 4.98 Å². The molecule has 28 heavy (non-hydrogen) atoms. The van der Waals surface area contributed by atoms with Crippen molar-refractivity contribution in [1.82, 2.24) is 15.0 Å². The number of rotatable bonds is 8. The zero-order chi connectivity index (χ0) is 19.9. The van der Waals surface area contributed by atoms with Gasteiger partial charge in [-0.1, -0.05) is 48.8 Å². The van der Waals surface area contributed by atoms with E-state index in [2.05, 4.69) is 43.0 Å². The lowest BCUT2D eigenvalue weighted by atomic mass is 10.1. The number of likely N-dealkylation sites (tertiary alicyclic amines) is 1. The lowest BCUT2D eigenvalue weighted by molar-refractivity contribution is -0.133. The SMILES string of the molecule is Cc1ccc(CC(=O)N2CCC(OCCc3noc(CC(C)C)n3)CC2)cc1. The van der Waals surface area contributed by atoms with Crippen molar-refractivity contribution in [3.63, 3.8) is 0 Å². The Balaban J connectivity index is 1.35. The highest BCUT2D eigenvalue weighted by Crippen LogP contribution is 2.16. The van der Waals surface area contributed by atoms with Crippen LogP contribution in [0.15, 0.2) is 28.8 Å². The summed E-state index contributed by atoms with van der Waals surface area (Å²) < 4.78 is 11.2. The molecule has 0 atom stereocenters. The quantitative estimate of drug-likeness (QED) is 0.697. The van der Waals surface area contributed by atoms with Crippen molar-refractivity contribution in [2.45, 2.75) is 59.0 Å². The lowest BCUT2D eigenvalue weighted by Gasteiger charge is -2.32. The molecule has 0 radical (unpaired) electrons. The molecular formula is C22H31N3O3. The van der Waals surface area contributed by atoms with Gasteiger partial charge in [0.05, 0.1) is 19.1 Å². The first-order valence-electron chi connectivity index (χ1n) is 10.3. The molecule has 1 saturated heterocycles. The molecule has 0 aliphatic carbocycles. The fraction of sp³-hybridized carbons (Fsp3) is 0.591. The number of carbonyl (C=O) groups is 1. The number of aryl methyl sites for hydroxylation is 1. The first kappa shape index (κ1) is 20.5. The number of carbonyl (C=O) groups excluding carboxylic acids is 1. The van der Waals surface area contributed by atoms with Gasteiger partial charge in [0.1, 0.15) is 0 Å². The number of aromatic nitrogens is 2. The molecule has 6 nitrogen and oxygen atoms in total. The second-order valence-corrected chi connectivity index (χ2v) is 8.07. The molecule has 0 spiro atoms. The maximum Gasteiger partial charge on any atom is 0.226 e. The summed E-state index contributed by atoms with van der Waals surface area (Å²) in [5, 5.41) is 4.01. The Labute approximate surface area is 167 Å². The Bertz CT molecular complexity index is 747. The Morgan fingerprint density at radius 2 is 1.96 bits per heavy atom. The minimum Gasteiger partial charge on any atom is -0.378 e. The van der Waals surface area contributed by atoms with Crippen LogP contribution in [0.4, 0.5) is 0 Å². The number of ether oxygens (including phenoxy) is 1. The third-order valence-electron chi connectivity index (χ3n) is 5.04. The monoisotopic (exact) mass is 385 g/mol. The van der Waals surface area contributed by atoms with Crippen LogP contribution in [0.2, 0.25) is 0 Å². The van der Waals surface area contributed by atoms with E-state index in [1.54, 1.807) is 0 Å². The van der Waals surface area contributed by atoms with Gasteiger partial charge in [-0.15, -0.1) is 0 Å². The molecule has 3 rings (SSSR count). The Morgan fingerprint density at radius 1 is 1.25 bits per heavy atom. The summed E-state index contributed by atoms with van der Waals surface area (Å²) in [7, 11) is 0. The van der Waals surface area contributed by atoms with Crippen molar-refractivity contribution in [3.8, 4) is 0 Å². The van der Waals surface area contributed by atoms with E-state index in [4.69, 9.17) is 9.26 Å². The highest BCUT2D eigenvalue weighted by molar-refractivity contribution is 5.78. The molecule has 1 fully saturated rings. The van der Waals surface area contributed by atoms with Crippen molar-refractivity contribution >= 4 is 5.91 Å². The van der Waals surface area contributed by atoms with Gasteiger partial charge in [0, 0.05) is 25.9 Å². The van der Waals surface area contributed by atoms with Crippen LogP contribution in [0.25, 0.3) is 0 Å². The second kappa shape index (κ2) is 9.82. The molecule has 0 unspecified atom stereocenters. The maximum absolute atomic E-state index is 12.5. The zero-order valence-corrected chi connectivity index (χ0v) is 17.2. The molecule has 1 amide bonds. The van der Waals surface area contributed by atoms with Crippen molar-refractivity contribution < 1.29 is 14.1 Å². The Kier molecular flexibility index (Phi) is 7.20. The molecule has 1 aliphatic heterocycles. The number of nitrogens with zero attached hydrogens (tertiary/aromatic N) is 3. The molecule has 6 heteroatoms. The third-order valence-corrected chi connectivity index (χ3v) is 5.04. The molecule has 1 aromatic carbocycles. The highest BCUT2D eigenvalue weighted by Gasteiger charge is 2.23. The summed E-state index contributed by atoms with van der Waals surface area (Å²) in [5.41, 5.74) is 2.29. The Hall–Kier alpha value is -2.21. The summed E-state index contributed by atoms with van der Waals surface area (Å²) in [6.45, 7) is 8.42. The standard InChI is InChI=1S/C22H31N3O3/c1-16(2)14-21-23-20(24-28-21)10-13-27-19-8-11-25(12-9-19)22(26)15-18-6-4-17(3)5-7-18/h4-7,16,19H,8-15H2,1-3H3. The molecule has 0 bridgehead atoms. The van der Waals surface area contributed by atoms with E-state index in [1.807, 2.05) is 17.0 Å². The van der Waals surface area contributed by atoms with Crippen LogP contribution in [-0.4, -0.2) is 46.7 Å². The van der Waals surface area contributed by atoms with Gasteiger partial charge < -0.3 is 14.2 Å². The molecule has 0 saturated carbocycles. The average molecular weight is 386 g/mol. The summed E-state index contributed by atoms with van der Waals surface area (Å²) in [6, 6.07) is 8.18. The van der Waals surface area contributed by atoms with E-state index in [-0.39, 0.29) is 12.0 Å². The lowest BCUT2D eigenvalue weighted by Crippen LogP contribution is -2.41. The average Bonchev–Trinajstić information content (AvgIpc) is 3.10. The van der Waals surface area contributed by atoms with Crippen LogP contribution < -0.4 is 0 Å². The maximum atomic E-state index is 12.5. The van der Waals surface area contributed by atoms with E-state index in [9.17, 15) is 4.79 Å². The predicted molar refractivity (Wildman–Crippen MR) is 107 cm³/mol. The summed E-state index contributed by atoms with van der Waals surface area (Å²) in [4.78, 5) is 18.9.